The molecule has 0 amide bonds. The fourth-order valence-corrected chi connectivity index (χ4v) is 2.75. The number of hydrogen-bond acceptors (Lipinski definition) is 4. The summed E-state index contributed by atoms with van der Waals surface area (Å²) in [7, 11) is 0. The summed E-state index contributed by atoms with van der Waals surface area (Å²) >= 11 is 0. The van der Waals surface area contributed by atoms with E-state index in [9.17, 15) is 14.7 Å². The maximum Gasteiger partial charge on any atom is 0.377 e. The predicted octanol–water partition coefficient (Wildman–Crippen LogP) is 4.61. The van der Waals surface area contributed by atoms with Crippen LogP contribution in [0.25, 0.3) is 22.6 Å². The number of Topliss-reactive ketones (excluding diaryl/α,β-unsaturated/α-hetero) is 1. The lowest BCUT2D eigenvalue weighted by atomic mass is 10.0. The summed E-state index contributed by atoms with van der Waals surface area (Å²) < 4.78 is 5.63. The number of carbonyl (C=O) groups excluding carboxylic acids is 1. The molecule has 0 fully saturated rings. The van der Waals surface area contributed by atoms with Crippen molar-refractivity contribution in [3.63, 3.8) is 0 Å². The average molecular weight is 375 g/mol. The quantitative estimate of drug-likeness (QED) is 0.353. The molecular formula is C23H21NO4. The molecule has 3 rings (SSSR count). The standard InChI is InChI=1S/C23H21NO4/c1-2-3-14-28-18-11-8-16(9-12-18)15-19(22(25)23(26)27)21-13-10-17-6-4-5-7-20(17)24-21/h4-13,15H,2-3,14H2,1H3,(H,26,27). The molecule has 3 aromatic rings. The molecule has 142 valence electrons. The number of benzene rings is 2. The first kappa shape index (κ1) is 19.3. The average Bonchev–Trinajstić information content (AvgIpc) is 2.72. The van der Waals surface area contributed by atoms with Crippen molar-refractivity contribution in [3.8, 4) is 5.75 Å². The highest BCUT2D eigenvalue weighted by Gasteiger charge is 2.21. The fraction of sp³-hybridized carbons (Fsp3) is 0.174. The maximum atomic E-state index is 12.3. The van der Waals surface area contributed by atoms with Gasteiger partial charge in [0.05, 0.1) is 23.4 Å². The Hall–Kier alpha value is -3.47. The van der Waals surface area contributed by atoms with Crippen LogP contribution in [0.15, 0.2) is 60.7 Å². The number of ether oxygens (including phenoxy) is 1. The van der Waals surface area contributed by atoms with E-state index in [2.05, 4.69) is 11.9 Å². The third-order valence-electron chi connectivity index (χ3n) is 4.27. The van der Waals surface area contributed by atoms with E-state index in [1.165, 1.54) is 0 Å². The number of nitrogens with zero attached hydrogens (tertiary/aromatic N) is 1. The number of rotatable bonds is 8. The zero-order valence-corrected chi connectivity index (χ0v) is 15.6. The predicted molar refractivity (Wildman–Crippen MR) is 109 cm³/mol. The number of aromatic nitrogens is 1. The normalized spacial score (nSPS) is 11.4. The minimum absolute atomic E-state index is 0.0397. The number of pyridine rings is 1. The molecule has 0 aliphatic heterocycles. The molecule has 1 aromatic heterocycles. The molecule has 5 nitrogen and oxygen atoms in total. The Balaban J connectivity index is 1.95. The van der Waals surface area contributed by atoms with Crippen LogP contribution in [-0.2, 0) is 9.59 Å². The van der Waals surface area contributed by atoms with Crippen LogP contribution in [0.3, 0.4) is 0 Å². The van der Waals surface area contributed by atoms with Crippen molar-refractivity contribution < 1.29 is 19.4 Å². The lowest BCUT2D eigenvalue weighted by molar-refractivity contribution is -0.146. The number of para-hydroxylation sites is 1. The number of carbonyl (C=O) groups is 2. The van der Waals surface area contributed by atoms with Crippen LogP contribution in [0.1, 0.15) is 31.0 Å². The van der Waals surface area contributed by atoms with Gasteiger partial charge in [0, 0.05) is 5.39 Å². The lowest BCUT2D eigenvalue weighted by Crippen LogP contribution is -2.15. The summed E-state index contributed by atoms with van der Waals surface area (Å²) in [5.74, 6) is -1.77. The Kier molecular flexibility index (Phi) is 6.17. The highest BCUT2D eigenvalue weighted by molar-refractivity contribution is 6.52. The molecular weight excluding hydrogens is 354 g/mol. The van der Waals surface area contributed by atoms with Gasteiger partial charge in [-0.1, -0.05) is 49.7 Å². The molecule has 0 saturated carbocycles. The zero-order valence-electron chi connectivity index (χ0n) is 15.6. The number of carboxylic acid groups (broad SMARTS) is 1. The maximum absolute atomic E-state index is 12.3. The molecule has 2 aromatic carbocycles. The second kappa shape index (κ2) is 8.95. The van der Waals surface area contributed by atoms with Crippen LogP contribution >= 0.6 is 0 Å². The number of hydrogen-bond donors (Lipinski definition) is 1. The molecule has 0 spiro atoms. The SMILES string of the molecule is CCCCOc1ccc(C=C(C(=O)C(=O)O)c2ccc3ccccc3n2)cc1. The molecule has 5 heteroatoms. The molecule has 0 unspecified atom stereocenters. The third kappa shape index (κ3) is 4.62. The van der Waals surface area contributed by atoms with E-state index < -0.39 is 11.8 Å². The van der Waals surface area contributed by atoms with Crippen LogP contribution in [-0.4, -0.2) is 28.4 Å². The molecule has 0 aliphatic rings. The zero-order chi connectivity index (χ0) is 19.9. The van der Waals surface area contributed by atoms with Crippen molar-refractivity contribution in [2.24, 2.45) is 0 Å². The number of ketones is 1. The first-order valence-corrected chi connectivity index (χ1v) is 9.17. The monoisotopic (exact) mass is 375 g/mol. The number of carboxylic acids is 1. The number of aliphatic carboxylic acids is 1. The number of fused-ring (bicyclic) bond motifs is 1. The van der Waals surface area contributed by atoms with Gasteiger partial charge in [0.2, 0.25) is 0 Å². The third-order valence-corrected chi connectivity index (χ3v) is 4.27. The van der Waals surface area contributed by atoms with E-state index in [0.29, 0.717) is 23.4 Å². The van der Waals surface area contributed by atoms with Gasteiger partial charge in [0.1, 0.15) is 5.75 Å². The van der Waals surface area contributed by atoms with Gasteiger partial charge in [-0.3, -0.25) is 4.79 Å². The summed E-state index contributed by atoms with van der Waals surface area (Å²) in [5, 5.41) is 10.1. The van der Waals surface area contributed by atoms with Gasteiger partial charge in [0.15, 0.2) is 0 Å². The van der Waals surface area contributed by atoms with Crippen molar-refractivity contribution in [2.45, 2.75) is 19.8 Å². The summed E-state index contributed by atoms with van der Waals surface area (Å²) in [6.45, 7) is 2.74. The summed E-state index contributed by atoms with van der Waals surface area (Å²) in [6.07, 6.45) is 3.58. The van der Waals surface area contributed by atoms with E-state index in [1.54, 1.807) is 36.4 Å². The highest BCUT2D eigenvalue weighted by atomic mass is 16.5. The molecule has 1 N–H and O–H groups in total. The first-order chi connectivity index (χ1) is 13.6. The first-order valence-electron chi connectivity index (χ1n) is 9.17. The second-order valence-corrected chi connectivity index (χ2v) is 6.35. The van der Waals surface area contributed by atoms with Gasteiger partial charge in [-0.05, 0) is 42.3 Å². The van der Waals surface area contributed by atoms with Crippen molar-refractivity contribution in [1.82, 2.24) is 4.98 Å². The second-order valence-electron chi connectivity index (χ2n) is 6.35. The minimum atomic E-state index is -1.51. The topological polar surface area (TPSA) is 76.5 Å². The molecule has 0 saturated heterocycles. The minimum Gasteiger partial charge on any atom is -0.494 e. The van der Waals surface area contributed by atoms with E-state index in [1.807, 2.05) is 30.3 Å². The smallest absolute Gasteiger partial charge is 0.377 e. The van der Waals surface area contributed by atoms with Gasteiger partial charge in [-0.2, -0.15) is 0 Å². The lowest BCUT2D eigenvalue weighted by Gasteiger charge is -2.07. The largest absolute Gasteiger partial charge is 0.494 e. The summed E-state index contributed by atoms with van der Waals surface area (Å²) in [5.41, 5.74) is 1.76. The Labute approximate surface area is 163 Å². The number of unbranched alkanes of at least 4 members (excludes halogenated alkanes) is 1. The van der Waals surface area contributed by atoms with Crippen LogP contribution in [0, 0.1) is 0 Å². The van der Waals surface area contributed by atoms with Crippen molar-refractivity contribution in [1.29, 1.82) is 0 Å². The Bertz CT molecular complexity index is 1020. The van der Waals surface area contributed by atoms with E-state index >= 15 is 0 Å². The molecule has 0 atom stereocenters. The fourth-order valence-electron chi connectivity index (χ4n) is 2.75. The Morgan fingerprint density at radius 1 is 1.04 bits per heavy atom. The van der Waals surface area contributed by atoms with Gasteiger partial charge in [-0.15, -0.1) is 0 Å². The van der Waals surface area contributed by atoms with Crippen LogP contribution < -0.4 is 4.74 Å². The Morgan fingerprint density at radius 2 is 1.79 bits per heavy atom. The molecule has 28 heavy (non-hydrogen) atoms. The van der Waals surface area contributed by atoms with E-state index in [-0.39, 0.29) is 5.57 Å². The molecule has 0 bridgehead atoms. The van der Waals surface area contributed by atoms with Crippen LogP contribution in [0.2, 0.25) is 0 Å². The summed E-state index contributed by atoms with van der Waals surface area (Å²) in [6, 6.07) is 18.1. The van der Waals surface area contributed by atoms with Crippen molar-refractivity contribution in [2.75, 3.05) is 6.61 Å². The Morgan fingerprint density at radius 3 is 2.50 bits per heavy atom. The van der Waals surface area contributed by atoms with Crippen molar-refractivity contribution >= 4 is 34.3 Å². The van der Waals surface area contributed by atoms with Gasteiger partial charge in [0.25, 0.3) is 5.78 Å². The molecule has 0 radical (unpaired) electrons. The van der Waals surface area contributed by atoms with Gasteiger partial charge >= 0.3 is 5.97 Å². The van der Waals surface area contributed by atoms with E-state index in [4.69, 9.17) is 4.74 Å². The van der Waals surface area contributed by atoms with Crippen LogP contribution in [0.4, 0.5) is 0 Å². The van der Waals surface area contributed by atoms with Crippen molar-refractivity contribution in [3.05, 3.63) is 71.9 Å². The van der Waals surface area contributed by atoms with Crippen LogP contribution in [0.5, 0.6) is 5.75 Å². The van der Waals surface area contributed by atoms with Gasteiger partial charge in [-0.25, -0.2) is 9.78 Å². The van der Waals surface area contributed by atoms with Gasteiger partial charge < -0.3 is 9.84 Å². The molecule has 0 aliphatic carbocycles. The highest BCUT2D eigenvalue weighted by Crippen LogP contribution is 2.22. The van der Waals surface area contributed by atoms with E-state index in [0.717, 1.165) is 24.0 Å². The summed E-state index contributed by atoms with van der Waals surface area (Å²) in [4.78, 5) is 28.1. The molecule has 1 heterocycles.